The van der Waals surface area contributed by atoms with Crippen molar-refractivity contribution < 1.29 is 9.47 Å². The van der Waals surface area contributed by atoms with E-state index in [2.05, 4.69) is 46.5 Å². The highest BCUT2D eigenvalue weighted by Crippen LogP contribution is 2.12. The highest BCUT2D eigenvalue weighted by atomic mass is 16.5. The normalized spacial score (nSPS) is 17.1. The Morgan fingerprint density at radius 3 is 2.59 bits per heavy atom. The van der Waals surface area contributed by atoms with Crippen LogP contribution in [-0.4, -0.2) is 69.9 Å². The van der Waals surface area contributed by atoms with E-state index < -0.39 is 0 Å². The average molecular weight is 377 g/mol. The van der Waals surface area contributed by atoms with Crippen LogP contribution in [-0.2, 0) is 16.1 Å². The maximum absolute atomic E-state index is 5.72. The number of aliphatic imine (C=N–C) groups is 1. The highest BCUT2D eigenvalue weighted by Gasteiger charge is 2.22. The lowest BCUT2D eigenvalue weighted by Crippen LogP contribution is -2.51. The molecule has 0 amide bonds. The molecule has 1 fully saturated rings. The summed E-state index contributed by atoms with van der Waals surface area (Å²) in [4.78, 5) is 6.87. The zero-order chi connectivity index (χ0) is 19.3. The van der Waals surface area contributed by atoms with E-state index in [9.17, 15) is 0 Å². The molecule has 1 heterocycles. The van der Waals surface area contributed by atoms with Gasteiger partial charge in [0.25, 0.3) is 0 Å². The summed E-state index contributed by atoms with van der Waals surface area (Å²) >= 11 is 0. The summed E-state index contributed by atoms with van der Waals surface area (Å²) in [6, 6.07) is 10.7. The maximum Gasteiger partial charge on any atom is 0.191 e. The molecule has 1 aliphatic heterocycles. The average Bonchev–Trinajstić information content (AvgIpc) is 2.70. The van der Waals surface area contributed by atoms with E-state index in [1.807, 2.05) is 25.2 Å². The third kappa shape index (κ3) is 8.73. The van der Waals surface area contributed by atoms with E-state index in [0.717, 1.165) is 45.4 Å². The molecule has 1 aromatic rings. The summed E-state index contributed by atoms with van der Waals surface area (Å²) in [6.45, 7) is 11.2. The number of hydrogen-bond donors (Lipinski definition) is 2. The van der Waals surface area contributed by atoms with Crippen molar-refractivity contribution in [3.63, 3.8) is 0 Å². The minimum atomic E-state index is 0.502. The van der Waals surface area contributed by atoms with Crippen molar-refractivity contribution in [3.8, 4) is 0 Å². The first-order valence-electron chi connectivity index (χ1n) is 10.1. The lowest BCUT2D eigenvalue weighted by atomic mass is 10.0. The minimum Gasteiger partial charge on any atom is -0.379 e. The molecule has 6 heteroatoms. The number of morpholine rings is 1. The van der Waals surface area contributed by atoms with Gasteiger partial charge in [-0.3, -0.25) is 9.89 Å². The molecule has 0 aliphatic carbocycles. The second-order valence-electron chi connectivity index (χ2n) is 7.35. The first-order valence-corrected chi connectivity index (χ1v) is 10.1. The zero-order valence-electron chi connectivity index (χ0n) is 17.1. The molecule has 1 atom stereocenters. The van der Waals surface area contributed by atoms with Crippen molar-refractivity contribution in [2.24, 2.45) is 10.9 Å². The first kappa shape index (κ1) is 21.7. The van der Waals surface area contributed by atoms with Gasteiger partial charge in [-0.15, -0.1) is 0 Å². The van der Waals surface area contributed by atoms with Crippen molar-refractivity contribution in [1.29, 1.82) is 0 Å². The molecule has 0 saturated carbocycles. The van der Waals surface area contributed by atoms with E-state index >= 15 is 0 Å². The first-order chi connectivity index (χ1) is 13.2. The van der Waals surface area contributed by atoms with Crippen LogP contribution in [0.5, 0.6) is 0 Å². The van der Waals surface area contributed by atoms with Gasteiger partial charge in [-0.1, -0.05) is 44.2 Å². The van der Waals surface area contributed by atoms with Gasteiger partial charge in [-0.05, 0) is 17.9 Å². The molecule has 1 unspecified atom stereocenters. The Morgan fingerprint density at radius 1 is 1.19 bits per heavy atom. The fourth-order valence-electron chi connectivity index (χ4n) is 3.29. The van der Waals surface area contributed by atoms with Crippen LogP contribution in [0.1, 0.15) is 25.8 Å². The van der Waals surface area contributed by atoms with Crippen LogP contribution in [0.3, 0.4) is 0 Å². The van der Waals surface area contributed by atoms with Crippen LogP contribution in [0.25, 0.3) is 0 Å². The number of benzene rings is 1. The molecule has 1 aromatic carbocycles. The van der Waals surface area contributed by atoms with Crippen LogP contribution in [0, 0.1) is 5.92 Å². The molecule has 0 aromatic heterocycles. The summed E-state index contributed by atoms with van der Waals surface area (Å²) in [5.41, 5.74) is 1.20. The Labute approximate surface area is 164 Å². The van der Waals surface area contributed by atoms with E-state index in [1.165, 1.54) is 12.0 Å². The summed E-state index contributed by atoms with van der Waals surface area (Å²) in [5, 5.41) is 6.82. The Morgan fingerprint density at radius 2 is 1.93 bits per heavy atom. The van der Waals surface area contributed by atoms with Gasteiger partial charge in [0.15, 0.2) is 5.96 Å². The quantitative estimate of drug-likeness (QED) is 0.372. The highest BCUT2D eigenvalue weighted by molar-refractivity contribution is 5.79. The van der Waals surface area contributed by atoms with Crippen LogP contribution in [0.15, 0.2) is 35.3 Å². The maximum atomic E-state index is 5.72. The number of nitrogens with one attached hydrogen (secondary N) is 2. The Kier molecular flexibility index (Phi) is 10.2. The fourth-order valence-corrected chi connectivity index (χ4v) is 3.29. The number of ether oxygens (including phenoxy) is 2. The molecule has 27 heavy (non-hydrogen) atoms. The predicted molar refractivity (Wildman–Crippen MR) is 111 cm³/mol. The van der Waals surface area contributed by atoms with E-state index in [4.69, 9.17) is 9.47 Å². The van der Waals surface area contributed by atoms with E-state index in [0.29, 0.717) is 25.2 Å². The van der Waals surface area contributed by atoms with Crippen molar-refractivity contribution >= 4 is 5.96 Å². The molecule has 2 rings (SSSR count). The zero-order valence-corrected chi connectivity index (χ0v) is 17.1. The largest absolute Gasteiger partial charge is 0.379 e. The van der Waals surface area contributed by atoms with Gasteiger partial charge in [0.05, 0.1) is 26.4 Å². The second-order valence-corrected chi connectivity index (χ2v) is 7.35. The van der Waals surface area contributed by atoms with Crippen molar-refractivity contribution in [3.05, 3.63) is 35.9 Å². The van der Waals surface area contributed by atoms with Crippen LogP contribution in [0.2, 0.25) is 0 Å². The Hall–Kier alpha value is -1.63. The summed E-state index contributed by atoms with van der Waals surface area (Å²) in [7, 11) is 1.81. The number of guanidine groups is 1. The predicted octanol–water partition coefficient (Wildman–Crippen LogP) is 2.12. The van der Waals surface area contributed by atoms with Gasteiger partial charge in [-0.25, -0.2) is 0 Å². The summed E-state index contributed by atoms with van der Waals surface area (Å²) in [6.07, 6.45) is 1.17. The fraction of sp³-hybridized carbons (Fsp3) is 0.667. The van der Waals surface area contributed by atoms with Crippen LogP contribution >= 0.6 is 0 Å². The molecule has 0 spiro atoms. The number of hydrogen-bond acceptors (Lipinski definition) is 4. The third-order valence-corrected chi connectivity index (χ3v) is 4.68. The van der Waals surface area contributed by atoms with E-state index in [-0.39, 0.29) is 0 Å². The molecule has 1 saturated heterocycles. The molecule has 6 nitrogen and oxygen atoms in total. The standard InChI is InChI=1S/C21H36N4O2/c1-18(2)15-20(25-10-13-26-14-11-25)16-24-21(22-3)23-9-12-27-17-19-7-5-4-6-8-19/h4-8,18,20H,9-17H2,1-3H3,(H2,22,23,24). The summed E-state index contributed by atoms with van der Waals surface area (Å²) in [5.74, 6) is 1.50. The molecule has 1 aliphatic rings. The van der Waals surface area contributed by atoms with Gasteiger partial charge in [0, 0.05) is 39.3 Å². The summed E-state index contributed by atoms with van der Waals surface area (Å²) < 4.78 is 11.2. The van der Waals surface area contributed by atoms with E-state index in [1.54, 1.807) is 0 Å². The molecule has 152 valence electrons. The van der Waals surface area contributed by atoms with Gasteiger partial charge < -0.3 is 20.1 Å². The molecule has 0 bridgehead atoms. The lowest BCUT2D eigenvalue weighted by molar-refractivity contribution is 0.0132. The smallest absolute Gasteiger partial charge is 0.191 e. The third-order valence-electron chi connectivity index (χ3n) is 4.68. The Bertz CT molecular complexity index is 530. The molecule has 0 radical (unpaired) electrons. The number of nitrogens with zero attached hydrogens (tertiary/aromatic N) is 2. The minimum absolute atomic E-state index is 0.502. The van der Waals surface area contributed by atoms with Crippen molar-refractivity contribution in [1.82, 2.24) is 15.5 Å². The van der Waals surface area contributed by atoms with Gasteiger partial charge in [0.1, 0.15) is 0 Å². The van der Waals surface area contributed by atoms with Crippen LogP contribution < -0.4 is 10.6 Å². The molecular formula is C21H36N4O2. The molecule has 2 N–H and O–H groups in total. The Balaban J connectivity index is 1.67. The van der Waals surface area contributed by atoms with Gasteiger partial charge >= 0.3 is 0 Å². The SMILES string of the molecule is CN=C(NCCOCc1ccccc1)NCC(CC(C)C)N1CCOCC1. The number of rotatable bonds is 10. The van der Waals surface area contributed by atoms with Crippen molar-refractivity contribution in [2.75, 3.05) is 53.0 Å². The lowest BCUT2D eigenvalue weighted by Gasteiger charge is -2.35. The second kappa shape index (κ2) is 12.7. The van der Waals surface area contributed by atoms with Gasteiger partial charge in [0.2, 0.25) is 0 Å². The van der Waals surface area contributed by atoms with Gasteiger partial charge in [-0.2, -0.15) is 0 Å². The topological polar surface area (TPSA) is 58.1 Å². The monoisotopic (exact) mass is 376 g/mol. The van der Waals surface area contributed by atoms with Crippen LogP contribution in [0.4, 0.5) is 0 Å². The molecular weight excluding hydrogens is 340 g/mol. The van der Waals surface area contributed by atoms with Crippen molar-refractivity contribution in [2.45, 2.75) is 32.9 Å².